The predicted octanol–water partition coefficient (Wildman–Crippen LogP) is 2.57. The van der Waals surface area contributed by atoms with Crippen molar-refractivity contribution in [1.29, 1.82) is 0 Å². The Hall–Kier alpha value is -0.570. The molecule has 1 atom stereocenters. The van der Waals surface area contributed by atoms with E-state index in [4.69, 9.17) is 0 Å². The Morgan fingerprint density at radius 1 is 1.18 bits per heavy atom. The molecule has 1 fully saturated rings. The van der Waals surface area contributed by atoms with E-state index in [1.807, 2.05) is 18.7 Å². The maximum Gasteiger partial charge on any atom is 0.225 e. The van der Waals surface area contributed by atoms with Gasteiger partial charge in [-0.2, -0.15) is 0 Å². The molecule has 1 aliphatic rings. The molecule has 100 valence electrons. The number of hydrogen-bond donors (Lipinski definition) is 1. The summed E-state index contributed by atoms with van der Waals surface area (Å²) in [4.78, 5) is 14.3. The molecule has 1 saturated carbocycles. The minimum absolute atomic E-state index is 0.181. The van der Waals surface area contributed by atoms with Crippen LogP contribution in [0.4, 0.5) is 0 Å². The predicted molar refractivity (Wildman–Crippen MR) is 69.7 cm³/mol. The second-order valence-corrected chi connectivity index (χ2v) is 5.62. The van der Waals surface area contributed by atoms with Crippen molar-refractivity contribution in [3.8, 4) is 0 Å². The van der Waals surface area contributed by atoms with Crippen LogP contribution in [0, 0.1) is 5.92 Å². The van der Waals surface area contributed by atoms with E-state index >= 15 is 0 Å². The molecule has 17 heavy (non-hydrogen) atoms. The Morgan fingerprint density at radius 2 is 1.71 bits per heavy atom. The van der Waals surface area contributed by atoms with Crippen LogP contribution < -0.4 is 0 Å². The lowest BCUT2D eigenvalue weighted by molar-refractivity contribution is -0.139. The molecule has 0 bridgehead atoms. The van der Waals surface area contributed by atoms with Gasteiger partial charge in [0.05, 0.1) is 6.10 Å². The number of carbonyl (C=O) groups excluding carboxylic acids is 1. The Morgan fingerprint density at radius 3 is 2.12 bits per heavy atom. The molecule has 0 saturated heterocycles. The van der Waals surface area contributed by atoms with Crippen LogP contribution in [0.2, 0.25) is 0 Å². The van der Waals surface area contributed by atoms with Crippen molar-refractivity contribution < 1.29 is 9.90 Å². The molecule has 0 radical (unpaired) electrons. The van der Waals surface area contributed by atoms with Gasteiger partial charge in [0, 0.05) is 18.5 Å². The molecule has 0 aliphatic heterocycles. The summed E-state index contributed by atoms with van der Waals surface area (Å²) in [5.41, 5.74) is 0. The zero-order chi connectivity index (χ0) is 12.8. The molecule has 0 aromatic rings. The average molecular weight is 241 g/mol. The second kappa shape index (κ2) is 7.00. The highest BCUT2D eigenvalue weighted by molar-refractivity contribution is 5.79. The van der Waals surface area contributed by atoms with Crippen molar-refractivity contribution in [3.63, 3.8) is 0 Å². The van der Waals surface area contributed by atoms with Gasteiger partial charge in [-0.15, -0.1) is 0 Å². The number of nitrogens with zero attached hydrogens (tertiary/aromatic N) is 1. The standard InChI is InChI=1S/C14H27NO2/c1-11(2)15(10-12(3)16)14(17)13-8-6-4-5-7-9-13/h11-13,16H,4-10H2,1-3H3. The Bertz CT molecular complexity index is 230. The van der Waals surface area contributed by atoms with Gasteiger partial charge in [0.15, 0.2) is 0 Å². The smallest absolute Gasteiger partial charge is 0.225 e. The Balaban J connectivity index is 2.61. The van der Waals surface area contributed by atoms with Crippen molar-refractivity contribution in [3.05, 3.63) is 0 Å². The summed E-state index contributed by atoms with van der Waals surface area (Å²) in [6.07, 6.45) is 6.51. The van der Waals surface area contributed by atoms with E-state index in [1.165, 1.54) is 25.7 Å². The number of amides is 1. The average Bonchev–Trinajstić information content (AvgIpc) is 2.52. The topological polar surface area (TPSA) is 40.5 Å². The third-order valence-electron chi connectivity index (χ3n) is 3.57. The highest BCUT2D eigenvalue weighted by Crippen LogP contribution is 2.25. The van der Waals surface area contributed by atoms with Gasteiger partial charge >= 0.3 is 0 Å². The maximum absolute atomic E-state index is 12.4. The highest BCUT2D eigenvalue weighted by Gasteiger charge is 2.27. The van der Waals surface area contributed by atoms with Gasteiger partial charge in [-0.25, -0.2) is 0 Å². The lowest BCUT2D eigenvalue weighted by Gasteiger charge is -2.31. The van der Waals surface area contributed by atoms with Gasteiger partial charge in [-0.1, -0.05) is 25.7 Å². The first-order valence-corrected chi connectivity index (χ1v) is 7.01. The fraction of sp³-hybridized carbons (Fsp3) is 0.929. The summed E-state index contributed by atoms with van der Waals surface area (Å²) in [5, 5.41) is 9.48. The van der Waals surface area contributed by atoms with E-state index in [0.717, 1.165) is 12.8 Å². The van der Waals surface area contributed by atoms with Crippen LogP contribution in [0.25, 0.3) is 0 Å². The van der Waals surface area contributed by atoms with Crippen LogP contribution in [0.1, 0.15) is 59.3 Å². The molecule has 1 unspecified atom stereocenters. The zero-order valence-corrected chi connectivity index (χ0v) is 11.5. The summed E-state index contributed by atoms with van der Waals surface area (Å²) < 4.78 is 0. The van der Waals surface area contributed by atoms with E-state index in [1.54, 1.807) is 6.92 Å². The molecule has 0 aromatic carbocycles. The van der Waals surface area contributed by atoms with Gasteiger partial charge < -0.3 is 10.0 Å². The zero-order valence-electron chi connectivity index (χ0n) is 11.5. The van der Waals surface area contributed by atoms with E-state index in [0.29, 0.717) is 6.54 Å². The van der Waals surface area contributed by atoms with Crippen LogP contribution in [0.5, 0.6) is 0 Å². The van der Waals surface area contributed by atoms with Crippen molar-refractivity contribution in [2.45, 2.75) is 71.4 Å². The Kier molecular flexibility index (Phi) is 5.96. The minimum atomic E-state index is -0.438. The number of aliphatic hydroxyl groups excluding tert-OH is 1. The van der Waals surface area contributed by atoms with Crippen LogP contribution in [0.15, 0.2) is 0 Å². The van der Waals surface area contributed by atoms with E-state index < -0.39 is 6.10 Å². The summed E-state index contributed by atoms with van der Waals surface area (Å²) >= 11 is 0. The van der Waals surface area contributed by atoms with Gasteiger partial charge in [0.25, 0.3) is 0 Å². The number of hydrogen-bond acceptors (Lipinski definition) is 2. The minimum Gasteiger partial charge on any atom is -0.392 e. The van der Waals surface area contributed by atoms with E-state index in [2.05, 4.69) is 0 Å². The first-order valence-electron chi connectivity index (χ1n) is 7.01. The summed E-state index contributed by atoms with van der Waals surface area (Å²) in [6, 6.07) is 0.181. The first kappa shape index (κ1) is 14.5. The lowest BCUT2D eigenvalue weighted by Crippen LogP contribution is -2.44. The number of rotatable bonds is 4. The van der Waals surface area contributed by atoms with Crippen molar-refractivity contribution >= 4 is 5.91 Å². The third-order valence-corrected chi connectivity index (χ3v) is 3.57. The molecular weight excluding hydrogens is 214 g/mol. The van der Waals surface area contributed by atoms with Crippen molar-refractivity contribution in [1.82, 2.24) is 4.90 Å². The molecule has 1 aliphatic carbocycles. The molecule has 3 heteroatoms. The highest BCUT2D eigenvalue weighted by atomic mass is 16.3. The third kappa shape index (κ3) is 4.66. The SMILES string of the molecule is CC(O)CN(C(=O)C1CCCCCC1)C(C)C. The molecule has 1 amide bonds. The monoisotopic (exact) mass is 241 g/mol. The molecular formula is C14H27NO2. The van der Waals surface area contributed by atoms with Crippen molar-refractivity contribution in [2.75, 3.05) is 6.54 Å². The summed E-state index contributed by atoms with van der Waals surface area (Å²) in [6.45, 7) is 6.26. The van der Waals surface area contributed by atoms with E-state index in [-0.39, 0.29) is 17.9 Å². The second-order valence-electron chi connectivity index (χ2n) is 5.62. The summed E-state index contributed by atoms with van der Waals surface area (Å²) in [7, 11) is 0. The molecule has 0 heterocycles. The fourth-order valence-electron chi connectivity index (χ4n) is 2.60. The molecule has 1 rings (SSSR count). The number of carbonyl (C=O) groups is 1. The maximum atomic E-state index is 12.4. The molecule has 0 spiro atoms. The summed E-state index contributed by atoms with van der Waals surface area (Å²) in [5.74, 6) is 0.446. The molecule has 3 nitrogen and oxygen atoms in total. The number of aliphatic hydroxyl groups is 1. The van der Waals surface area contributed by atoms with Gasteiger partial charge in [0.2, 0.25) is 5.91 Å². The largest absolute Gasteiger partial charge is 0.392 e. The van der Waals surface area contributed by atoms with Crippen LogP contribution in [-0.2, 0) is 4.79 Å². The van der Waals surface area contributed by atoms with E-state index in [9.17, 15) is 9.90 Å². The van der Waals surface area contributed by atoms with Crippen LogP contribution in [0.3, 0.4) is 0 Å². The molecule has 0 aromatic heterocycles. The van der Waals surface area contributed by atoms with Gasteiger partial charge in [-0.3, -0.25) is 4.79 Å². The lowest BCUT2D eigenvalue weighted by atomic mass is 9.98. The van der Waals surface area contributed by atoms with Gasteiger partial charge in [-0.05, 0) is 33.6 Å². The fourth-order valence-corrected chi connectivity index (χ4v) is 2.60. The van der Waals surface area contributed by atoms with Crippen LogP contribution >= 0.6 is 0 Å². The van der Waals surface area contributed by atoms with Crippen LogP contribution in [-0.4, -0.2) is 34.6 Å². The normalized spacial score (nSPS) is 20.1. The van der Waals surface area contributed by atoms with Gasteiger partial charge in [0.1, 0.15) is 0 Å². The molecule has 1 N–H and O–H groups in total. The first-order chi connectivity index (χ1) is 8.02. The Labute approximate surface area is 105 Å². The quantitative estimate of drug-likeness (QED) is 0.769. The van der Waals surface area contributed by atoms with Crippen molar-refractivity contribution in [2.24, 2.45) is 5.92 Å².